The van der Waals surface area contributed by atoms with Crippen molar-refractivity contribution >= 4 is 27.6 Å². The van der Waals surface area contributed by atoms with Gasteiger partial charge in [0.05, 0.1) is 18.7 Å². The lowest BCUT2D eigenvalue weighted by Gasteiger charge is -2.45. The van der Waals surface area contributed by atoms with Crippen LogP contribution in [0.2, 0.25) is 0 Å². The monoisotopic (exact) mass is 567 g/mol. The number of hydrogen-bond acceptors (Lipinski definition) is 5. The summed E-state index contributed by atoms with van der Waals surface area (Å²) in [5, 5.41) is 10.7. The van der Waals surface area contributed by atoms with Crippen molar-refractivity contribution in [2.24, 2.45) is 7.05 Å². The third kappa shape index (κ3) is 4.94. The second-order valence-corrected chi connectivity index (χ2v) is 11.0. The summed E-state index contributed by atoms with van der Waals surface area (Å²) in [5.41, 5.74) is 3.96. The van der Waals surface area contributed by atoms with Crippen LogP contribution >= 0.6 is 15.9 Å². The van der Waals surface area contributed by atoms with Crippen LogP contribution in [0, 0.1) is 0 Å². The number of likely N-dealkylation sites (tertiary alicyclic amines) is 1. The van der Waals surface area contributed by atoms with Gasteiger partial charge in [-0.2, -0.15) is 5.10 Å². The van der Waals surface area contributed by atoms with Gasteiger partial charge in [0.25, 0.3) is 0 Å². The molecule has 2 amide bonds. The van der Waals surface area contributed by atoms with Crippen LogP contribution in [0.15, 0.2) is 53.1 Å². The number of methoxy groups -OCH3 is 2. The summed E-state index contributed by atoms with van der Waals surface area (Å²) in [7, 11) is 7.43. The molecule has 1 aliphatic carbocycles. The van der Waals surface area contributed by atoms with Crippen LogP contribution in [0.3, 0.4) is 0 Å². The van der Waals surface area contributed by atoms with Crippen LogP contribution in [0.5, 0.6) is 11.5 Å². The molecular weight excluding hydrogens is 534 g/mol. The number of fused-ring (bicyclic) bond motifs is 1. The predicted molar refractivity (Wildman–Crippen MR) is 148 cm³/mol. The first-order valence-corrected chi connectivity index (χ1v) is 13.4. The number of carbonyl (C=O) groups excluding carboxylic acids is 1. The lowest BCUT2D eigenvalue weighted by molar-refractivity contribution is 0.156. The number of hydrogen-bond donors (Lipinski definition) is 2. The van der Waals surface area contributed by atoms with E-state index in [-0.39, 0.29) is 17.5 Å². The molecule has 196 valence electrons. The Balaban J connectivity index is 1.24. The van der Waals surface area contributed by atoms with E-state index in [9.17, 15) is 4.79 Å². The van der Waals surface area contributed by atoms with Crippen molar-refractivity contribution in [1.29, 1.82) is 0 Å². The molecule has 2 N–H and O–H groups in total. The van der Waals surface area contributed by atoms with Crippen LogP contribution in [0.25, 0.3) is 11.3 Å². The van der Waals surface area contributed by atoms with Gasteiger partial charge in [0, 0.05) is 42.0 Å². The Hall–Kier alpha value is -3.04. The van der Waals surface area contributed by atoms with Crippen LogP contribution < -0.4 is 20.1 Å². The van der Waals surface area contributed by atoms with Gasteiger partial charge in [-0.3, -0.25) is 4.68 Å². The zero-order valence-electron chi connectivity index (χ0n) is 21.8. The highest BCUT2D eigenvalue weighted by atomic mass is 79.9. The highest BCUT2D eigenvalue weighted by Crippen LogP contribution is 2.49. The van der Waals surface area contributed by atoms with E-state index in [0.29, 0.717) is 6.04 Å². The number of nitrogens with one attached hydrogen (secondary N) is 2. The number of ether oxygens (including phenoxy) is 2. The largest absolute Gasteiger partial charge is 0.493 e. The van der Waals surface area contributed by atoms with Gasteiger partial charge in [0.15, 0.2) is 11.5 Å². The van der Waals surface area contributed by atoms with Crippen LogP contribution in [-0.4, -0.2) is 60.6 Å². The third-order valence-electron chi connectivity index (χ3n) is 8.02. The van der Waals surface area contributed by atoms with E-state index >= 15 is 0 Å². The van der Waals surface area contributed by atoms with Gasteiger partial charge in [-0.1, -0.05) is 18.2 Å². The lowest BCUT2D eigenvalue weighted by atomic mass is 9.65. The second-order valence-electron chi connectivity index (χ2n) is 10.1. The van der Waals surface area contributed by atoms with Crippen LogP contribution in [0.1, 0.15) is 31.2 Å². The first-order chi connectivity index (χ1) is 17.8. The minimum Gasteiger partial charge on any atom is -0.493 e. The van der Waals surface area contributed by atoms with Crippen molar-refractivity contribution in [3.8, 4) is 22.8 Å². The van der Waals surface area contributed by atoms with Crippen molar-refractivity contribution in [3.05, 3.63) is 58.7 Å². The minimum atomic E-state index is -0.170. The number of aryl methyl sites for hydroxylation is 1. The molecule has 37 heavy (non-hydrogen) atoms. The normalized spacial score (nSPS) is 23.4. The average Bonchev–Trinajstić information content (AvgIpc) is 3.42. The second kappa shape index (κ2) is 10.4. The highest BCUT2D eigenvalue weighted by Gasteiger charge is 2.50. The Morgan fingerprint density at radius 3 is 2.51 bits per heavy atom. The molecule has 9 heteroatoms. The molecule has 5 rings (SSSR count). The first-order valence-electron chi connectivity index (χ1n) is 12.6. The summed E-state index contributed by atoms with van der Waals surface area (Å²) in [6, 6.07) is 14.4. The third-order valence-corrected chi connectivity index (χ3v) is 8.60. The molecule has 2 aliphatic rings. The molecular formula is C28H34BrN5O3. The minimum absolute atomic E-state index is 0.0541. The van der Waals surface area contributed by atoms with Gasteiger partial charge in [-0.25, -0.2) is 4.79 Å². The molecule has 2 fully saturated rings. The molecule has 0 unspecified atom stereocenters. The fraction of sp³-hybridized carbons (Fsp3) is 0.429. The standard InChI is InChI=1S/C28H34BrN5O3/c1-33-14-13-28(19-7-10-23(36-3)24(15-19)37-4)12-11-21(16-25(28)33)31-27(35)30-20-8-5-18(6-9-20)26-22(29)17-34(2)32-26/h5-10,15,17,21,25H,11-14,16H2,1-4H3,(H2,30,31,35)/t21-,25+,28+/m1/s1. The van der Waals surface area contributed by atoms with Gasteiger partial charge < -0.3 is 25.0 Å². The zero-order valence-corrected chi connectivity index (χ0v) is 23.3. The quantitative estimate of drug-likeness (QED) is 0.428. The molecule has 1 aliphatic heterocycles. The lowest BCUT2D eigenvalue weighted by Crippen LogP contribution is -2.52. The Bertz CT molecular complexity index is 1280. The summed E-state index contributed by atoms with van der Waals surface area (Å²) in [6.45, 7) is 1.04. The maximum Gasteiger partial charge on any atom is 0.319 e. The molecule has 3 aromatic rings. The summed E-state index contributed by atoms with van der Waals surface area (Å²) < 4.78 is 13.8. The molecule has 1 saturated heterocycles. The summed E-state index contributed by atoms with van der Waals surface area (Å²) in [6.07, 6.45) is 5.86. The Morgan fingerprint density at radius 2 is 1.84 bits per heavy atom. The number of benzene rings is 2. The van der Waals surface area contributed by atoms with E-state index in [4.69, 9.17) is 9.47 Å². The van der Waals surface area contributed by atoms with E-state index in [1.54, 1.807) is 18.9 Å². The number of halogens is 1. The summed E-state index contributed by atoms with van der Waals surface area (Å²) in [4.78, 5) is 15.3. The van der Waals surface area contributed by atoms with Gasteiger partial charge >= 0.3 is 6.03 Å². The van der Waals surface area contributed by atoms with Crippen molar-refractivity contribution in [2.45, 2.75) is 43.2 Å². The summed E-state index contributed by atoms with van der Waals surface area (Å²) >= 11 is 3.55. The predicted octanol–water partition coefficient (Wildman–Crippen LogP) is 5.18. The van der Waals surface area contributed by atoms with Gasteiger partial charge in [0.1, 0.15) is 5.69 Å². The molecule has 0 radical (unpaired) electrons. The number of amides is 2. The van der Waals surface area contributed by atoms with Crippen LogP contribution in [-0.2, 0) is 12.5 Å². The molecule has 1 aromatic heterocycles. The van der Waals surface area contributed by atoms with Crippen molar-refractivity contribution in [1.82, 2.24) is 20.0 Å². The molecule has 2 aromatic carbocycles. The Labute approximate surface area is 226 Å². The van der Waals surface area contributed by atoms with E-state index in [0.717, 1.165) is 65.1 Å². The fourth-order valence-corrected chi connectivity index (χ4v) is 6.72. The molecule has 1 saturated carbocycles. The number of urea groups is 1. The first kappa shape index (κ1) is 25.6. The highest BCUT2D eigenvalue weighted by molar-refractivity contribution is 9.10. The molecule has 0 spiro atoms. The van der Waals surface area contributed by atoms with E-state index in [1.165, 1.54) is 5.56 Å². The Kier molecular flexibility index (Phi) is 7.18. The number of likely N-dealkylation sites (N-methyl/N-ethyl adjacent to an activating group) is 1. The number of nitrogens with zero attached hydrogens (tertiary/aromatic N) is 3. The van der Waals surface area contributed by atoms with Gasteiger partial charge in [-0.15, -0.1) is 0 Å². The topological polar surface area (TPSA) is 80.7 Å². The van der Waals surface area contributed by atoms with Crippen LogP contribution in [0.4, 0.5) is 10.5 Å². The van der Waals surface area contributed by atoms with Crippen molar-refractivity contribution < 1.29 is 14.3 Å². The summed E-state index contributed by atoms with van der Waals surface area (Å²) in [5.74, 6) is 1.52. The number of rotatable bonds is 6. The number of anilines is 1. The molecule has 3 atom stereocenters. The fourth-order valence-electron chi connectivity index (χ4n) is 6.11. The van der Waals surface area contributed by atoms with E-state index in [1.807, 2.05) is 43.6 Å². The number of carbonyl (C=O) groups is 1. The van der Waals surface area contributed by atoms with Gasteiger partial charge in [0.2, 0.25) is 0 Å². The number of aromatic nitrogens is 2. The van der Waals surface area contributed by atoms with Gasteiger partial charge in [-0.05, 0) is 85.0 Å². The molecule has 8 nitrogen and oxygen atoms in total. The maximum absolute atomic E-state index is 12.9. The van der Waals surface area contributed by atoms with Crippen molar-refractivity contribution in [2.75, 3.05) is 33.1 Å². The maximum atomic E-state index is 12.9. The Morgan fingerprint density at radius 1 is 1.08 bits per heavy atom. The van der Waals surface area contributed by atoms with E-state index in [2.05, 4.69) is 55.7 Å². The van der Waals surface area contributed by atoms with Crippen molar-refractivity contribution in [3.63, 3.8) is 0 Å². The smallest absolute Gasteiger partial charge is 0.319 e. The molecule has 2 heterocycles. The SMILES string of the molecule is COc1ccc([C@@]23CC[C@@H](NC(=O)Nc4ccc(-c5nn(C)cc5Br)cc4)C[C@@H]2N(C)CC3)cc1OC. The molecule has 0 bridgehead atoms. The van der Waals surface area contributed by atoms with E-state index < -0.39 is 0 Å². The zero-order chi connectivity index (χ0) is 26.2. The average molecular weight is 569 g/mol.